The number of halogens is 1. The lowest BCUT2D eigenvalue weighted by molar-refractivity contribution is 0.258. The lowest BCUT2D eigenvalue weighted by atomic mass is 10.3. The maximum atomic E-state index is 8.62. The Balaban J connectivity index is 1.94. The predicted molar refractivity (Wildman–Crippen MR) is 65.6 cm³/mol. The molecule has 1 aromatic heterocycles. The second-order valence-corrected chi connectivity index (χ2v) is 4.99. The summed E-state index contributed by atoms with van der Waals surface area (Å²) < 4.78 is 1.01. The molecule has 2 rings (SSSR count). The minimum atomic E-state index is 0.604. The van der Waals surface area contributed by atoms with Gasteiger partial charge in [0.1, 0.15) is 0 Å². The van der Waals surface area contributed by atoms with Crippen LogP contribution in [-0.4, -0.2) is 22.5 Å². The first-order valence-corrected chi connectivity index (χ1v) is 6.30. The molecular formula is C12H14BrN3. The summed E-state index contributed by atoms with van der Waals surface area (Å²) in [5.41, 5.74) is 1.08. The smallest absolute Gasteiger partial charge is 0.0635 e. The zero-order valence-electron chi connectivity index (χ0n) is 9.06. The Morgan fingerprint density at radius 3 is 2.88 bits per heavy atom. The predicted octanol–water partition coefficient (Wildman–Crippen LogP) is 2.72. The first-order chi connectivity index (χ1) is 7.79. The van der Waals surface area contributed by atoms with Crippen molar-refractivity contribution in [2.45, 2.75) is 31.8 Å². The van der Waals surface area contributed by atoms with Gasteiger partial charge < -0.3 is 0 Å². The summed E-state index contributed by atoms with van der Waals surface area (Å²) in [5, 5.41) is 8.62. The lowest BCUT2D eigenvalue weighted by Crippen LogP contribution is -2.26. The van der Waals surface area contributed by atoms with E-state index in [2.05, 4.69) is 31.9 Å². The lowest BCUT2D eigenvalue weighted by Gasteiger charge is -2.19. The van der Waals surface area contributed by atoms with E-state index in [1.807, 2.05) is 18.3 Å². The standard InChI is InChI=1S/C12H14BrN3/c13-10-2-3-11(15-8-10)9-16(7-1-6-14)12-4-5-12/h2-3,8,12H,1,4-5,7,9H2. The molecule has 0 N–H and O–H groups in total. The molecule has 1 aliphatic rings. The number of nitriles is 1. The van der Waals surface area contributed by atoms with Gasteiger partial charge in [0.05, 0.1) is 11.8 Å². The summed E-state index contributed by atoms with van der Waals surface area (Å²) in [6, 6.07) is 6.93. The molecule has 0 aromatic carbocycles. The first kappa shape index (κ1) is 11.6. The highest BCUT2D eigenvalue weighted by Gasteiger charge is 2.28. The van der Waals surface area contributed by atoms with Gasteiger partial charge >= 0.3 is 0 Å². The minimum absolute atomic E-state index is 0.604. The van der Waals surface area contributed by atoms with E-state index in [1.165, 1.54) is 12.8 Å². The molecular weight excluding hydrogens is 266 g/mol. The van der Waals surface area contributed by atoms with Crippen molar-refractivity contribution in [2.75, 3.05) is 6.54 Å². The Hall–Kier alpha value is -0.920. The third-order valence-corrected chi connectivity index (χ3v) is 3.20. The molecule has 0 radical (unpaired) electrons. The Bertz CT molecular complexity index is 378. The van der Waals surface area contributed by atoms with Crippen LogP contribution in [0.4, 0.5) is 0 Å². The summed E-state index contributed by atoms with van der Waals surface area (Å²) in [7, 11) is 0. The fraction of sp³-hybridized carbons (Fsp3) is 0.500. The molecule has 0 saturated heterocycles. The van der Waals surface area contributed by atoms with E-state index in [4.69, 9.17) is 5.26 Å². The molecule has 0 spiro atoms. The van der Waals surface area contributed by atoms with E-state index < -0.39 is 0 Å². The maximum absolute atomic E-state index is 8.62. The number of pyridine rings is 1. The topological polar surface area (TPSA) is 39.9 Å². The van der Waals surface area contributed by atoms with Gasteiger partial charge in [0.25, 0.3) is 0 Å². The SMILES string of the molecule is N#CCCN(Cc1ccc(Br)cn1)C1CC1. The second-order valence-electron chi connectivity index (χ2n) is 4.08. The van der Waals surface area contributed by atoms with Crippen molar-refractivity contribution >= 4 is 15.9 Å². The zero-order valence-corrected chi connectivity index (χ0v) is 10.7. The van der Waals surface area contributed by atoms with Gasteiger partial charge in [0, 0.05) is 36.2 Å². The van der Waals surface area contributed by atoms with Crippen molar-refractivity contribution in [1.29, 1.82) is 5.26 Å². The van der Waals surface area contributed by atoms with Crippen LogP contribution in [0.5, 0.6) is 0 Å². The third kappa shape index (κ3) is 3.29. The highest BCUT2D eigenvalue weighted by atomic mass is 79.9. The second kappa shape index (κ2) is 5.42. The van der Waals surface area contributed by atoms with Crippen LogP contribution in [0, 0.1) is 11.3 Å². The third-order valence-electron chi connectivity index (χ3n) is 2.73. The summed E-state index contributed by atoms with van der Waals surface area (Å²) in [5.74, 6) is 0. The number of nitrogens with zero attached hydrogens (tertiary/aromatic N) is 3. The summed E-state index contributed by atoms with van der Waals surface area (Å²) in [6.45, 7) is 1.72. The van der Waals surface area contributed by atoms with Crippen molar-refractivity contribution in [3.05, 3.63) is 28.5 Å². The molecule has 1 aliphatic carbocycles. The van der Waals surface area contributed by atoms with E-state index in [0.717, 1.165) is 23.3 Å². The molecule has 1 fully saturated rings. The van der Waals surface area contributed by atoms with Crippen LogP contribution in [0.1, 0.15) is 25.0 Å². The number of aromatic nitrogens is 1. The fourth-order valence-corrected chi connectivity index (χ4v) is 1.97. The van der Waals surface area contributed by atoms with Gasteiger partial charge in [-0.15, -0.1) is 0 Å². The molecule has 16 heavy (non-hydrogen) atoms. The summed E-state index contributed by atoms with van der Waals surface area (Å²) >= 11 is 3.38. The normalized spacial score (nSPS) is 15.1. The van der Waals surface area contributed by atoms with Gasteiger partial charge in [-0.05, 0) is 40.9 Å². The Morgan fingerprint density at radius 2 is 2.31 bits per heavy atom. The highest BCUT2D eigenvalue weighted by Crippen LogP contribution is 2.28. The Morgan fingerprint density at radius 1 is 1.50 bits per heavy atom. The molecule has 0 unspecified atom stereocenters. The average molecular weight is 280 g/mol. The molecule has 1 aromatic rings. The van der Waals surface area contributed by atoms with E-state index in [-0.39, 0.29) is 0 Å². The van der Waals surface area contributed by atoms with Crippen LogP contribution in [-0.2, 0) is 6.54 Å². The van der Waals surface area contributed by atoms with Crippen LogP contribution in [0.2, 0.25) is 0 Å². The molecule has 0 amide bonds. The van der Waals surface area contributed by atoms with Gasteiger partial charge in [0.15, 0.2) is 0 Å². The van der Waals surface area contributed by atoms with Crippen LogP contribution in [0.15, 0.2) is 22.8 Å². The molecule has 84 valence electrons. The van der Waals surface area contributed by atoms with Crippen LogP contribution >= 0.6 is 15.9 Å². The Labute approximate surface area is 104 Å². The van der Waals surface area contributed by atoms with E-state index in [1.54, 1.807) is 0 Å². The molecule has 0 atom stereocenters. The van der Waals surface area contributed by atoms with Gasteiger partial charge in [-0.25, -0.2) is 0 Å². The van der Waals surface area contributed by atoms with E-state index in [9.17, 15) is 0 Å². The van der Waals surface area contributed by atoms with Crippen LogP contribution < -0.4 is 0 Å². The maximum Gasteiger partial charge on any atom is 0.0635 e. The van der Waals surface area contributed by atoms with Crippen molar-refractivity contribution in [3.8, 4) is 6.07 Å². The van der Waals surface area contributed by atoms with Crippen molar-refractivity contribution in [2.24, 2.45) is 0 Å². The first-order valence-electron chi connectivity index (χ1n) is 5.51. The van der Waals surface area contributed by atoms with E-state index >= 15 is 0 Å². The van der Waals surface area contributed by atoms with Gasteiger partial charge in [-0.1, -0.05) is 0 Å². The molecule has 0 bridgehead atoms. The molecule has 4 heteroatoms. The highest BCUT2D eigenvalue weighted by molar-refractivity contribution is 9.10. The number of hydrogen-bond donors (Lipinski definition) is 0. The summed E-state index contributed by atoms with van der Waals surface area (Å²) in [4.78, 5) is 6.73. The molecule has 1 saturated carbocycles. The zero-order chi connectivity index (χ0) is 11.4. The van der Waals surface area contributed by atoms with E-state index in [0.29, 0.717) is 12.5 Å². The van der Waals surface area contributed by atoms with Crippen LogP contribution in [0.25, 0.3) is 0 Å². The van der Waals surface area contributed by atoms with Gasteiger partial charge in [-0.3, -0.25) is 9.88 Å². The monoisotopic (exact) mass is 279 g/mol. The largest absolute Gasteiger partial charge is 0.294 e. The van der Waals surface area contributed by atoms with Gasteiger partial charge in [-0.2, -0.15) is 5.26 Å². The van der Waals surface area contributed by atoms with Crippen molar-refractivity contribution < 1.29 is 0 Å². The van der Waals surface area contributed by atoms with Crippen LogP contribution in [0.3, 0.4) is 0 Å². The average Bonchev–Trinajstić information content (AvgIpc) is 3.11. The molecule has 0 aliphatic heterocycles. The van der Waals surface area contributed by atoms with Crippen molar-refractivity contribution in [3.63, 3.8) is 0 Å². The van der Waals surface area contributed by atoms with Crippen molar-refractivity contribution in [1.82, 2.24) is 9.88 Å². The number of hydrogen-bond acceptors (Lipinski definition) is 3. The molecule has 3 nitrogen and oxygen atoms in total. The molecule has 1 heterocycles. The number of rotatable bonds is 5. The minimum Gasteiger partial charge on any atom is -0.294 e. The quantitative estimate of drug-likeness (QED) is 0.832. The van der Waals surface area contributed by atoms with Gasteiger partial charge in [0.2, 0.25) is 0 Å². The fourth-order valence-electron chi connectivity index (χ4n) is 1.73. The Kier molecular flexibility index (Phi) is 3.92. The summed E-state index contributed by atoms with van der Waals surface area (Å²) in [6.07, 6.45) is 4.96.